The number of rotatable bonds is 10. The van der Waals surface area contributed by atoms with Gasteiger partial charge in [0, 0.05) is 43.8 Å². The van der Waals surface area contributed by atoms with Crippen LogP contribution in [0.4, 0.5) is 11.5 Å². The highest BCUT2D eigenvalue weighted by molar-refractivity contribution is 5.93. The Hall–Kier alpha value is -2.99. The molecule has 1 fully saturated rings. The minimum absolute atomic E-state index is 0.482. The summed E-state index contributed by atoms with van der Waals surface area (Å²) in [5, 5.41) is 8.56. The van der Waals surface area contributed by atoms with Crippen molar-refractivity contribution in [3.63, 3.8) is 0 Å². The molecule has 182 valence electrons. The summed E-state index contributed by atoms with van der Waals surface area (Å²) in [4.78, 5) is 7.04. The van der Waals surface area contributed by atoms with Crippen LogP contribution in [0.1, 0.15) is 38.2 Å². The van der Waals surface area contributed by atoms with E-state index in [2.05, 4.69) is 72.1 Å². The van der Waals surface area contributed by atoms with Crippen LogP contribution < -0.4 is 25.0 Å². The molecule has 2 N–H and O–H groups in total. The van der Waals surface area contributed by atoms with Crippen molar-refractivity contribution in [3.8, 4) is 11.5 Å². The average molecular weight is 463 g/mol. The second kappa shape index (κ2) is 11.4. The van der Waals surface area contributed by atoms with Gasteiger partial charge >= 0.3 is 0 Å². The van der Waals surface area contributed by atoms with Gasteiger partial charge in [0.05, 0.1) is 19.2 Å². The Morgan fingerprint density at radius 1 is 1.00 bits per heavy atom. The van der Waals surface area contributed by atoms with Gasteiger partial charge in [0.25, 0.3) is 0 Å². The standard InChI is InChI=1S/C28H38N4O2/c1-5-34-27-16-21(12-15-26(27)33-4)19-29-18-20-10-13-22(14-11-20)30-28-17-25(32(2)3)23-8-6-7-9-24(23)31-28/h6-9,12,15-17,20,22,29H,5,10-11,13-14,18-19H2,1-4H3,(H,30,31)/t20-,22+. The van der Waals surface area contributed by atoms with Gasteiger partial charge in [0.1, 0.15) is 5.82 Å². The molecule has 0 atom stereocenters. The number of fused-ring (bicyclic) bond motifs is 1. The van der Waals surface area contributed by atoms with Crippen LogP contribution in [0.2, 0.25) is 0 Å². The van der Waals surface area contributed by atoms with E-state index in [1.807, 2.05) is 13.0 Å². The van der Waals surface area contributed by atoms with Crippen molar-refractivity contribution in [1.82, 2.24) is 10.3 Å². The minimum atomic E-state index is 0.482. The predicted octanol–water partition coefficient (Wildman–Crippen LogP) is 5.47. The van der Waals surface area contributed by atoms with Crippen LogP contribution in [0.15, 0.2) is 48.5 Å². The summed E-state index contributed by atoms with van der Waals surface area (Å²) in [7, 11) is 5.86. The van der Waals surface area contributed by atoms with E-state index in [1.54, 1.807) is 7.11 Å². The van der Waals surface area contributed by atoms with Crippen molar-refractivity contribution in [1.29, 1.82) is 0 Å². The van der Waals surface area contributed by atoms with Crippen molar-refractivity contribution in [3.05, 3.63) is 54.1 Å². The molecule has 1 heterocycles. The maximum atomic E-state index is 5.70. The maximum Gasteiger partial charge on any atom is 0.161 e. The van der Waals surface area contributed by atoms with E-state index in [0.717, 1.165) is 35.9 Å². The molecule has 4 rings (SSSR count). The van der Waals surface area contributed by atoms with E-state index in [1.165, 1.54) is 42.3 Å². The summed E-state index contributed by atoms with van der Waals surface area (Å²) in [6.07, 6.45) is 4.81. The summed E-state index contributed by atoms with van der Waals surface area (Å²) in [5.41, 5.74) is 3.47. The van der Waals surface area contributed by atoms with Gasteiger partial charge in [-0.1, -0.05) is 24.3 Å². The highest BCUT2D eigenvalue weighted by Gasteiger charge is 2.21. The summed E-state index contributed by atoms with van der Waals surface area (Å²) >= 11 is 0. The van der Waals surface area contributed by atoms with Crippen LogP contribution >= 0.6 is 0 Å². The van der Waals surface area contributed by atoms with Crippen molar-refractivity contribution >= 4 is 22.4 Å². The average Bonchev–Trinajstić information content (AvgIpc) is 2.85. The quantitative estimate of drug-likeness (QED) is 0.417. The molecule has 0 aliphatic heterocycles. The van der Waals surface area contributed by atoms with Crippen LogP contribution in [-0.2, 0) is 6.54 Å². The van der Waals surface area contributed by atoms with E-state index < -0.39 is 0 Å². The number of hydrogen-bond acceptors (Lipinski definition) is 6. The molecule has 6 heteroatoms. The van der Waals surface area contributed by atoms with Gasteiger partial charge in [0.2, 0.25) is 0 Å². The summed E-state index contributed by atoms with van der Waals surface area (Å²) in [6, 6.07) is 17.2. The van der Waals surface area contributed by atoms with Gasteiger partial charge in [-0.15, -0.1) is 0 Å². The number of methoxy groups -OCH3 is 1. The lowest BCUT2D eigenvalue weighted by molar-refractivity contribution is 0.310. The number of ether oxygens (including phenoxy) is 2. The molecule has 6 nitrogen and oxygen atoms in total. The number of nitrogens with one attached hydrogen (secondary N) is 2. The first-order chi connectivity index (χ1) is 16.6. The first-order valence-electron chi connectivity index (χ1n) is 12.4. The zero-order valence-corrected chi connectivity index (χ0v) is 20.9. The van der Waals surface area contributed by atoms with Crippen LogP contribution in [-0.4, -0.2) is 45.4 Å². The number of pyridine rings is 1. The molecule has 0 radical (unpaired) electrons. The van der Waals surface area contributed by atoms with Crippen molar-refractivity contribution in [2.24, 2.45) is 5.92 Å². The molecular formula is C28H38N4O2. The van der Waals surface area contributed by atoms with E-state index >= 15 is 0 Å². The molecule has 1 saturated carbocycles. The molecular weight excluding hydrogens is 424 g/mol. The number of aromatic nitrogens is 1. The summed E-state index contributed by atoms with van der Waals surface area (Å²) in [6.45, 7) is 4.51. The van der Waals surface area contributed by atoms with Crippen molar-refractivity contribution in [2.45, 2.75) is 45.2 Å². The van der Waals surface area contributed by atoms with Gasteiger partial charge in [0.15, 0.2) is 11.5 Å². The summed E-state index contributed by atoms with van der Waals surface area (Å²) in [5.74, 6) is 3.30. The fourth-order valence-electron chi connectivity index (χ4n) is 4.84. The van der Waals surface area contributed by atoms with Gasteiger partial charge in [-0.05, 0) is 68.8 Å². The molecule has 0 spiro atoms. The van der Waals surface area contributed by atoms with E-state index in [-0.39, 0.29) is 0 Å². The molecule has 34 heavy (non-hydrogen) atoms. The molecule has 1 aromatic heterocycles. The van der Waals surface area contributed by atoms with E-state index in [0.29, 0.717) is 18.6 Å². The molecule has 3 aromatic rings. The monoisotopic (exact) mass is 462 g/mol. The largest absolute Gasteiger partial charge is 0.493 e. The Morgan fingerprint density at radius 2 is 1.79 bits per heavy atom. The van der Waals surface area contributed by atoms with Gasteiger partial charge in [-0.2, -0.15) is 0 Å². The van der Waals surface area contributed by atoms with Crippen LogP contribution in [0.5, 0.6) is 11.5 Å². The fraction of sp³-hybridized carbons (Fsp3) is 0.464. The molecule has 0 amide bonds. The van der Waals surface area contributed by atoms with Gasteiger partial charge < -0.3 is 25.0 Å². The molecule has 2 aromatic carbocycles. The zero-order chi connectivity index (χ0) is 23.9. The smallest absolute Gasteiger partial charge is 0.161 e. The molecule has 0 saturated heterocycles. The topological polar surface area (TPSA) is 58.7 Å². The third kappa shape index (κ3) is 5.92. The first-order valence-corrected chi connectivity index (χ1v) is 12.4. The highest BCUT2D eigenvalue weighted by Crippen LogP contribution is 2.31. The first kappa shape index (κ1) is 24.1. The second-order valence-corrected chi connectivity index (χ2v) is 9.35. The predicted molar refractivity (Wildman–Crippen MR) is 141 cm³/mol. The second-order valence-electron chi connectivity index (χ2n) is 9.35. The molecule has 0 bridgehead atoms. The number of hydrogen-bond donors (Lipinski definition) is 2. The number of nitrogens with zero attached hydrogens (tertiary/aromatic N) is 2. The third-order valence-corrected chi connectivity index (χ3v) is 6.66. The Labute approximate surface area is 203 Å². The van der Waals surface area contributed by atoms with Crippen LogP contribution in [0.3, 0.4) is 0 Å². The van der Waals surface area contributed by atoms with Crippen LogP contribution in [0, 0.1) is 5.92 Å². The maximum absolute atomic E-state index is 5.70. The zero-order valence-electron chi connectivity index (χ0n) is 20.9. The Balaban J connectivity index is 1.27. The van der Waals surface area contributed by atoms with Crippen molar-refractivity contribution in [2.75, 3.05) is 44.6 Å². The summed E-state index contributed by atoms with van der Waals surface area (Å²) < 4.78 is 11.1. The molecule has 0 unspecified atom stereocenters. The van der Waals surface area contributed by atoms with E-state index in [9.17, 15) is 0 Å². The van der Waals surface area contributed by atoms with Crippen molar-refractivity contribution < 1.29 is 9.47 Å². The lowest BCUT2D eigenvalue weighted by Crippen LogP contribution is -2.31. The number of anilines is 2. The Morgan fingerprint density at radius 3 is 2.53 bits per heavy atom. The van der Waals surface area contributed by atoms with Gasteiger partial charge in [-0.25, -0.2) is 4.98 Å². The SMILES string of the molecule is CCOc1cc(CNC[C@H]2CC[C@@H](Nc3cc(N(C)C)c4ccccc4n3)CC2)ccc1OC. The minimum Gasteiger partial charge on any atom is -0.493 e. The van der Waals surface area contributed by atoms with E-state index in [4.69, 9.17) is 14.5 Å². The molecule has 1 aliphatic rings. The Kier molecular flexibility index (Phi) is 8.12. The Bertz CT molecular complexity index is 1080. The number of para-hydroxylation sites is 1. The fourth-order valence-corrected chi connectivity index (χ4v) is 4.84. The van der Waals surface area contributed by atoms with Crippen LogP contribution in [0.25, 0.3) is 10.9 Å². The third-order valence-electron chi connectivity index (χ3n) is 6.66. The molecule has 1 aliphatic carbocycles. The normalized spacial score (nSPS) is 18.0. The lowest BCUT2D eigenvalue weighted by Gasteiger charge is -2.30. The van der Waals surface area contributed by atoms with Gasteiger partial charge in [-0.3, -0.25) is 0 Å². The lowest BCUT2D eigenvalue weighted by atomic mass is 9.86. The number of benzene rings is 2. The highest BCUT2D eigenvalue weighted by atomic mass is 16.5.